The smallest absolute Gasteiger partial charge is 0.0239 e. The lowest BCUT2D eigenvalue weighted by Crippen LogP contribution is -2.48. The summed E-state index contributed by atoms with van der Waals surface area (Å²) in [6.45, 7) is 7.21. The number of fused-ring (bicyclic) bond motifs is 2. The van der Waals surface area contributed by atoms with Gasteiger partial charge in [0.25, 0.3) is 0 Å². The van der Waals surface area contributed by atoms with Crippen LogP contribution in [0.1, 0.15) is 97.3 Å². The molecule has 0 aromatic carbocycles. The standard InChI is InChI=1S/C20H40N2/c1-3-5-7-9-11-13-19(14-12-10-8-6-4-2)22-17-18-15-20(22)16-21-18/h18-21H,3-17H2,1-2H3. The van der Waals surface area contributed by atoms with E-state index in [1.54, 1.807) is 0 Å². The van der Waals surface area contributed by atoms with Crippen LogP contribution in [-0.4, -0.2) is 36.1 Å². The van der Waals surface area contributed by atoms with Crippen LogP contribution in [-0.2, 0) is 0 Å². The van der Waals surface area contributed by atoms with Gasteiger partial charge in [-0.3, -0.25) is 4.90 Å². The van der Waals surface area contributed by atoms with Crippen LogP contribution in [0.4, 0.5) is 0 Å². The maximum Gasteiger partial charge on any atom is 0.0239 e. The van der Waals surface area contributed by atoms with E-state index in [0.717, 1.165) is 18.1 Å². The molecule has 2 saturated heterocycles. The number of nitrogens with zero attached hydrogens (tertiary/aromatic N) is 1. The Bertz CT molecular complexity index is 265. The van der Waals surface area contributed by atoms with Gasteiger partial charge in [0.1, 0.15) is 0 Å². The molecular formula is C20H40N2. The summed E-state index contributed by atoms with van der Waals surface area (Å²) in [7, 11) is 0. The Hall–Kier alpha value is -0.0800. The molecule has 0 aromatic heterocycles. The Morgan fingerprint density at radius 1 is 0.864 bits per heavy atom. The second kappa shape index (κ2) is 10.6. The van der Waals surface area contributed by atoms with E-state index in [9.17, 15) is 0 Å². The molecule has 1 N–H and O–H groups in total. The minimum atomic E-state index is 0.813. The minimum absolute atomic E-state index is 0.813. The van der Waals surface area contributed by atoms with Crippen LogP contribution in [0, 0.1) is 0 Å². The molecule has 2 heteroatoms. The highest BCUT2D eigenvalue weighted by molar-refractivity contribution is 4.99. The predicted octanol–water partition coefficient (Wildman–Crippen LogP) is 5.12. The molecule has 0 aromatic rings. The van der Waals surface area contributed by atoms with Gasteiger partial charge in [-0.25, -0.2) is 0 Å². The molecule has 2 nitrogen and oxygen atoms in total. The van der Waals surface area contributed by atoms with Crippen molar-refractivity contribution >= 4 is 0 Å². The van der Waals surface area contributed by atoms with Crippen molar-refractivity contribution in [3.8, 4) is 0 Å². The first-order valence-corrected chi connectivity index (χ1v) is 10.3. The predicted molar refractivity (Wildman–Crippen MR) is 97.4 cm³/mol. The topological polar surface area (TPSA) is 15.3 Å². The summed E-state index contributed by atoms with van der Waals surface area (Å²) in [4.78, 5) is 2.89. The minimum Gasteiger partial charge on any atom is -0.311 e. The SMILES string of the molecule is CCCCCCCC(CCCCCCC)N1CC2CC1CN2. The van der Waals surface area contributed by atoms with Gasteiger partial charge in [-0.05, 0) is 19.3 Å². The van der Waals surface area contributed by atoms with Crippen LogP contribution in [0.3, 0.4) is 0 Å². The van der Waals surface area contributed by atoms with Crippen LogP contribution in [0.2, 0.25) is 0 Å². The summed E-state index contributed by atoms with van der Waals surface area (Å²) >= 11 is 0. The highest BCUT2D eigenvalue weighted by Gasteiger charge is 2.40. The highest BCUT2D eigenvalue weighted by atomic mass is 15.3. The van der Waals surface area contributed by atoms with Gasteiger partial charge in [-0.15, -0.1) is 0 Å². The Labute approximate surface area is 139 Å². The molecule has 2 unspecified atom stereocenters. The number of hydrogen-bond donors (Lipinski definition) is 1. The molecule has 0 radical (unpaired) electrons. The van der Waals surface area contributed by atoms with Crippen LogP contribution >= 0.6 is 0 Å². The monoisotopic (exact) mass is 308 g/mol. The number of likely N-dealkylation sites (tertiary alicyclic amines) is 1. The van der Waals surface area contributed by atoms with Crippen molar-refractivity contribution in [2.24, 2.45) is 0 Å². The fourth-order valence-electron chi connectivity index (χ4n) is 4.48. The maximum atomic E-state index is 3.67. The molecular weight excluding hydrogens is 268 g/mol. The number of piperazine rings is 1. The molecule has 2 bridgehead atoms. The molecule has 22 heavy (non-hydrogen) atoms. The highest BCUT2D eigenvalue weighted by Crippen LogP contribution is 2.29. The van der Waals surface area contributed by atoms with E-state index >= 15 is 0 Å². The van der Waals surface area contributed by atoms with Gasteiger partial charge >= 0.3 is 0 Å². The molecule has 0 amide bonds. The maximum absolute atomic E-state index is 3.67. The van der Waals surface area contributed by atoms with Gasteiger partial charge in [0.05, 0.1) is 0 Å². The van der Waals surface area contributed by atoms with Gasteiger partial charge < -0.3 is 5.32 Å². The Morgan fingerprint density at radius 3 is 1.91 bits per heavy atom. The first kappa shape index (κ1) is 18.3. The molecule has 2 heterocycles. The summed E-state index contributed by atoms with van der Waals surface area (Å²) in [6.07, 6.45) is 18.7. The van der Waals surface area contributed by atoms with E-state index in [-0.39, 0.29) is 0 Å². The molecule has 2 aliphatic heterocycles. The second-order valence-corrected chi connectivity index (χ2v) is 7.75. The van der Waals surface area contributed by atoms with Crippen molar-refractivity contribution in [1.29, 1.82) is 0 Å². The fraction of sp³-hybridized carbons (Fsp3) is 1.00. The van der Waals surface area contributed by atoms with Gasteiger partial charge in [0.2, 0.25) is 0 Å². The van der Waals surface area contributed by atoms with Crippen molar-refractivity contribution in [3.63, 3.8) is 0 Å². The average Bonchev–Trinajstić information content (AvgIpc) is 3.15. The molecule has 130 valence electrons. The lowest BCUT2D eigenvalue weighted by Gasteiger charge is -2.35. The molecule has 0 saturated carbocycles. The summed E-state index contributed by atoms with van der Waals surface area (Å²) in [5, 5.41) is 3.67. The third-order valence-corrected chi connectivity index (χ3v) is 5.85. The third kappa shape index (κ3) is 5.85. The van der Waals surface area contributed by atoms with Crippen LogP contribution in [0.5, 0.6) is 0 Å². The quantitative estimate of drug-likeness (QED) is 0.475. The molecule has 0 aliphatic carbocycles. The van der Waals surface area contributed by atoms with Gasteiger partial charge in [-0.2, -0.15) is 0 Å². The Kier molecular flexibility index (Phi) is 8.84. The summed E-state index contributed by atoms with van der Waals surface area (Å²) in [6, 6.07) is 2.56. The summed E-state index contributed by atoms with van der Waals surface area (Å²) < 4.78 is 0. The largest absolute Gasteiger partial charge is 0.311 e. The van der Waals surface area contributed by atoms with Crippen molar-refractivity contribution in [3.05, 3.63) is 0 Å². The summed E-state index contributed by atoms with van der Waals surface area (Å²) in [5.74, 6) is 0. The van der Waals surface area contributed by atoms with E-state index in [2.05, 4.69) is 24.1 Å². The fourth-order valence-corrected chi connectivity index (χ4v) is 4.48. The number of hydrogen-bond acceptors (Lipinski definition) is 2. The summed E-state index contributed by atoms with van der Waals surface area (Å²) in [5.41, 5.74) is 0. The molecule has 2 rings (SSSR count). The lowest BCUT2D eigenvalue weighted by atomic mass is 9.98. The van der Waals surface area contributed by atoms with Crippen LogP contribution in [0.15, 0.2) is 0 Å². The van der Waals surface area contributed by atoms with Crippen molar-refractivity contribution in [2.45, 2.75) is 115 Å². The van der Waals surface area contributed by atoms with E-state index < -0.39 is 0 Å². The van der Waals surface area contributed by atoms with Crippen molar-refractivity contribution < 1.29 is 0 Å². The zero-order valence-corrected chi connectivity index (χ0v) is 15.3. The van der Waals surface area contributed by atoms with E-state index in [1.165, 1.54) is 96.6 Å². The Balaban J connectivity index is 1.69. The molecule has 2 aliphatic rings. The van der Waals surface area contributed by atoms with Gasteiger partial charge in [0, 0.05) is 31.2 Å². The van der Waals surface area contributed by atoms with Crippen molar-refractivity contribution in [2.75, 3.05) is 13.1 Å². The first-order valence-electron chi connectivity index (χ1n) is 10.3. The van der Waals surface area contributed by atoms with Gasteiger partial charge in [0.15, 0.2) is 0 Å². The number of rotatable bonds is 13. The first-order chi connectivity index (χ1) is 10.8. The Morgan fingerprint density at radius 2 is 1.45 bits per heavy atom. The van der Waals surface area contributed by atoms with Crippen LogP contribution in [0.25, 0.3) is 0 Å². The lowest BCUT2D eigenvalue weighted by molar-refractivity contribution is 0.138. The van der Waals surface area contributed by atoms with Crippen molar-refractivity contribution in [1.82, 2.24) is 10.2 Å². The normalized spacial score (nSPS) is 24.7. The zero-order chi connectivity index (χ0) is 15.6. The zero-order valence-electron chi connectivity index (χ0n) is 15.3. The van der Waals surface area contributed by atoms with E-state index in [0.29, 0.717) is 0 Å². The third-order valence-electron chi connectivity index (χ3n) is 5.85. The van der Waals surface area contributed by atoms with Gasteiger partial charge in [-0.1, -0.05) is 78.1 Å². The molecule has 2 atom stereocenters. The molecule has 0 spiro atoms. The van der Waals surface area contributed by atoms with E-state index in [4.69, 9.17) is 0 Å². The average molecular weight is 309 g/mol. The molecule has 2 fully saturated rings. The van der Waals surface area contributed by atoms with Crippen LogP contribution < -0.4 is 5.32 Å². The second-order valence-electron chi connectivity index (χ2n) is 7.75. The van der Waals surface area contributed by atoms with E-state index in [1.807, 2.05) is 0 Å². The number of unbranched alkanes of at least 4 members (excludes halogenated alkanes) is 8. The number of nitrogens with one attached hydrogen (secondary N) is 1.